The predicted molar refractivity (Wildman–Crippen MR) is 78.8 cm³/mol. The minimum atomic E-state index is 0.0932. The molecule has 2 aromatic carbocycles. The summed E-state index contributed by atoms with van der Waals surface area (Å²) in [5.41, 5.74) is 10.4. The molecule has 3 rings (SSSR count). The Bertz CT molecular complexity index is 624. The Labute approximate surface area is 118 Å². The van der Waals surface area contributed by atoms with Crippen molar-refractivity contribution in [2.75, 3.05) is 6.54 Å². The lowest BCUT2D eigenvalue weighted by Gasteiger charge is -2.13. The van der Waals surface area contributed by atoms with Crippen LogP contribution in [-0.2, 0) is 6.42 Å². The molecule has 0 bridgehead atoms. The molecule has 0 aromatic heterocycles. The van der Waals surface area contributed by atoms with Crippen LogP contribution >= 0.6 is 11.6 Å². The fourth-order valence-corrected chi connectivity index (χ4v) is 2.74. The molecule has 19 heavy (non-hydrogen) atoms. The second-order valence-electron chi connectivity index (χ2n) is 4.93. The minimum Gasteiger partial charge on any atom is -0.488 e. The van der Waals surface area contributed by atoms with E-state index in [0.29, 0.717) is 6.54 Å². The van der Waals surface area contributed by atoms with Gasteiger partial charge in [-0.2, -0.15) is 0 Å². The Morgan fingerprint density at radius 2 is 2.11 bits per heavy atom. The zero-order valence-corrected chi connectivity index (χ0v) is 11.6. The molecule has 0 aliphatic carbocycles. The maximum absolute atomic E-state index is 6.11. The van der Waals surface area contributed by atoms with Crippen molar-refractivity contribution in [2.24, 2.45) is 5.73 Å². The Balaban J connectivity index is 2.13. The summed E-state index contributed by atoms with van der Waals surface area (Å²) in [7, 11) is 0. The van der Waals surface area contributed by atoms with Gasteiger partial charge in [-0.1, -0.05) is 35.9 Å². The van der Waals surface area contributed by atoms with Gasteiger partial charge in [-0.15, -0.1) is 0 Å². The minimum absolute atomic E-state index is 0.0932. The normalized spacial score (nSPS) is 17.1. The monoisotopic (exact) mass is 273 g/mol. The molecule has 2 N–H and O–H groups in total. The van der Waals surface area contributed by atoms with Crippen molar-refractivity contribution < 1.29 is 4.74 Å². The SMILES string of the molecule is Cc1ccc(Cl)cc1-c1cccc2c1O[C@@H](CN)C2. The molecule has 1 aliphatic heterocycles. The highest BCUT2D eigenvalue weighted by molar-refractivity contribution is 6.30. The van der Waals surface area contributed by atoms with Gasteiger partial charge in [0.15, 0.2) is 0 Å². The molecule has 1 atom stereocenters. The smallest absolute Gasteiger partial charge is 0.130 e. The number of nitrogens with two attached hydrogens (primary N) is 1. The first kappa shape index (κ1) is 12.5. The maximum atomic E-state index is 6.11. The van der Waals surface area contributed by atoms with Crippen LogP contribution in [0.1, 0.15) is 11.1 Å². The number of hydrogen-bond donors (Lipinski definition) is 1. The van der Waals surface area contributed by atoms with Crippen molar-refractivity contribution in [1.82, 2.24) is 0 Å². The molecule has 0 saturated carbocycles. The van der Waals surface area contributed by atoms with Crippen molar-refractivity contribution in [1.29, 1.82) is 0 Å². The van der Waals surface area contributed by atoms with Crippen LogP contribution in [0.15, 0.2) is 36.4 Å². The van der Waals surface area contributed by atoms with Crippen LogP contribution in [0.25, 0.3) is 11.1 Å². The van der Waals surface area contributed by atoms with Gasteiger partial charge >= 0.3 is 0 Å². The number of rotatable bonds is 2. The molecule has 3 heteroatoms. The second-order valence-corrected chi connectivity index (χ2v) is 5.37. The van der Waals surface area contributed by atoms with E-state index in [2.05, 4.69) is 25.1 Å². The number of aryl methyl sites for hydroxylation is 1. The van der Waals surface area contributed by atoms with Crippen LogP contribution < -0.4 is 10.5 Å². The topological polar surface area (TPSA) is 35.2 Å². The molecular weight excluding hydrogens is 258 g/mol. The molecule has 0 spiro atoms. The highest BCUT2D eigenvalue weighted by atomic mass is 35.5. The summed E-state index contributed by atoms with van der Waals surface area (Å²) in [5, 5.41) is 0.742. The van der Waals surface area contributed by atoms with Crippen molar-refractivity contribution in [3.05, 3.63) is 52.5 Å². The lowest BCUT2D eigenvalue weighted by molar-refractivity contribution is 0.242. The Morgan fingerprint density at radius 1 is 1.26 bits per heavy atom. The van der Waals surface area contributed by atoms with Gasteiger partial charge in [-0.05, 0) is 35.7 Å². The van der Waals surface area contributed by atoms with Crippen molar-refractivity contribution in [3.63, 3.8) is 0 Å². The van der Waals surface area contributed by atoms with Gasteiger partial charge in [0, 0.05) is 23.6 Å². The van der Waals surface area contributed by atoms with Gasteiger partial charge < -0.3 is 10.5 Å². The predicted octanol–water partition coefficient (Wildman–Crippen LogP) is 3.58. The van der Waals surface area contributed by atoms with Gasteiger partial charge in [-0.3, -0.25) is 0 Å². The van der Waals surface area contributed by atoms with Crippen molar-refractivity contribution >= 4 is 11.6 Å². The fourth-order valence-electron chi connectivity index (χ4n) is 2.57. The molecule has 2 nitrogen and oxygen atoms in total. The summed E-state index contributed by atoms with van der Waals surface area (Å²) >= 11 is 6.11. The van der Waals surface area contributed by atoms with E-state index in [1.807, 2.05) is 18.2 Å². The zero-order chi connectivity index (χ0) is 13.4. The third-order valence-electron chi connectivity index (χ3n) is 3.58. The molecule has 0 amide bonds. The first-order valence-corrected chi connectivity index (χ1v) is 6.82. The van der Waals surface area contributed by atoms with Crippen LogP contribution in [0.3, 0.4) is 0 Å². The molecule has 0 unspecified atom stereocenters. The van der Waals surface area contributed by atoms with E-state index in [1.165, 1.54) is 11.1 Å². The van der Waals surface area contributed by atoms with Gasteiger partial charge in [0.25, 0.3) is 0 Å². The van der Waals surface area contributed by atoms with Crippen molar-refractivity contribution in [3.8, 4) is 16.9 Å². The quantitative estimate of drug-likeness (QED) is 0.908. The van der Waals surface area contributed by atoms with E-state index in [0.717, 1.165) is 28.3 Å². The molecular formula is C16H16ClNO. The summed E-state index contributed by atoms with van der Waals surface area (Å²) in [6.07, 6.45) is 0.981. The lowest BCUT2D eigenvalue weighted by atomic mass is 9.97. The summed E-state index contributed by atoms with van der Waals surface area (Å²) in [4.78, 5) is 0. The average molecular weight is 274 g/mol. The summed E-state index contributed by atoms with van der Waals surface area (Å²) in [5.74, 6) is 0.961. The van der Waals surface area contributed by atoms with Crippen LogP contribution in [0.2, 0.25) is 5.02 Å². The first-order valence-electron chi connectivity index (χ1n) is 6.44. The lowest BCUT2D eigenvalue weighted by Crippen LogP contribution is -2.24. The van der Waals surface area contributed by atoms with Gasteiger partial charge in [0.05, 0.1) is 0 Å². The molecule has 1 aliphatic rings. The number of fused-ring (bicyclic) bond motifs is 1. The highest BCUT2D eigenvalue weighted by Gasteiger charge is 2.24. The Kier molecular flexibility index (Phi) is 3.21. The van der Waals surface area contributed by atoms with Crippen LogP contribution in [-0.4, -0.2) is 12.6 Å². The molecule has 98 valence electrons. The highest BCUT2D eigenvalue weighted by Crippen LogP contribution is 2.40. The fraction of sp³-hybridized carbons (Fsp3) is 0.250. The third-order valence-corrected chi connectivity index (χ3v) is 3.82. The molecule has 1 heterocycles. The summed E-state index contributed by atoms with van der Waals surface area (Å²) in [6, 6.07) is 12.2. The molecule has 2 aromatic rings. The summed E-state index contributed by atoms with van der Waals surface area (Å²) < 4.78 is 5.97. The van der Waals surface area contributed by atoms with E-state index in [4.69, 9.17) is 22.1 Å². The van der Waals surface area contributed by atoms with E-state index >= 15 is 0 Å². The van der Waals surface area contributed by atoms with Gasteiger partial charge in [0.2, 0.25) is 0 Å². The zero-order valence-electron chi connectivity index (χ0n) is 10.8. The van der Waals surface area contributed by atoms with Gasteiger partial charge in [-0.25, -0.2) is 0 Å². The van der Waals surface area contributed by atoms with Crippen LogP contribution in [0, 0.1) is 6.92 Å². The van der Waals surface area contributed by atoms with E-state index in [1.54, 1.807) is 0 Å². The number of benzene rings is 2. The first-order chi connectivity index (χ1) is 9.19. The largest absolute Gasteiger partial charge is 0.488 e. The number of ether oxygens (including phenoxy) is 1. The number of para-hydroxylation sites is 1. The molecule has 0 fully saturated rings. The van der Waals surface area contributed by atoms with Gasteiger partial charge in [0.1, 0.15) is 11.9 Å². The molecule has 0 saturated heterocycles. The maximum Gasteiger partial charge on any atom is 0.130 e. The standard InChI is InChI=1S/C16H16ClNO/c1-10-5-6-12(17)8-15(10)14-4-2-3-11-7-13(9-18)19-16(11)14/h2-6,8,13H,7,9,18H2,1H3/t13-/m1/s1. The second kappa shape index (κ2) is 4.87. The van der Waals surface area contributed by atoms with Crippen LogP contribution in [0.4, 0.5) is 0 Å². The summed E-state index contributed by atoms with van der Waals surface area (Å²) in [6.45, 7) is 2.63. The van der Waals surface area contributed by atoms with E-state index in [-0.39, 0.29) is 6.10 Å². The third kappa shape index (κ3) is 2.22. The average Bonchev–Trinajstić information content (AvgIpc) is 2.84. The Morgan fingerprint density at radius 3 is 2.89 bits per heavy atom. The number of halogens is 1. The van der Waals surface area contributed by atoms with Crippen molar-refractivity contribution in [2.45, 2.75) is 19.4 Å². The number of hydrogen-bond acceptors (Lipinski definition) is 2. The van der Waals surface area contributed by atoms with Crippen LogP contribution in [0.5, 0.6) is 5.75 Å². The van der Waals surface area contributed by atoms with E-state index < -0.39 is 0 Å². The van der Waals surface area contributed by atoms with E-state index in [9.17, 15) is 0 Å². The Hall–Kier alpha value is -1.51. The molecule has 0 radical (unpaired) electrons.